The number of ketones is 2. The van der Waals surface area contributed by atoms with Gasteiger partial charge < -0.3 is 4.57 Å². The molecule has 4 heteroatoms. The Morgan fingerprint density at radius 1 is 0.871 bits per heavy atom. The van der Waals surface area contributed by atoms with Crippen molar-refractivity contribution in [3.63, 3.8) is 0 Å². The highest BCUT2D eigenvalue weighted by Crippen LogP contribution is 2.32. The standard InChI is InChI=1S/C27H20ClNO2/c1-2-18-6-5-9-21-19(14-24-26(30)22-7-3-4-8-23(22)27(24)31)16-29(25(18)21)15-17-10-12-20(28)13-11-17/h3-14,16H,2,15H2,1H3. The highest BCUT2D eigenvalue weighted by atomic mass is 35.5. The van der Waals surface area contributed by atoms with Crippen molar-refractivity contribution in [3.05, 3.63) is 111 Å². The maximum absolute atomic E-state index is 12.9. The minimum Gasteiger partial charge on any atom is -0.342 e. The van der Waals surface area contributed by atoms with Crippen LogP contribution in [0.3, 0.4) is 0 Å². The van der Waals surface area contributed by atoms with Gasteiger partial charge in [0.2, 0.25) is 0 Å². The number of aryl methyl sites for hydroxylation is 1. The molecule has 0 aliphatic heterocycles. The molecule has 3 nitrogen and oxygen atoms in total. The smallest absolute Gasteiger partial charge is 0.197 e. The number of carbonyl (C=O) groups excluding carboxylic acids is 2. The van der Waals surface area contributed by atoms with Gasteiger partial charge in [-0.1, -0.05) is 73.1 Å². The molecular weight excluding hydrogens is 406 g/mol. The maximum atomic E-state index is 12.9. The van der Waals surface area contributed by atoms with Gasteiger partial charge in [0.15, 0.2) is 11.6 Å². The van der Waals surface area contributed by atoms with E-state index in [2.05, 4.69) is 23.6 Å². The summed E-state index contributed by atoms with van der Waals surface area (Å²) in [6, 6.07) is 21.0. The van der Waals surface area contributed by atoms with Crippen LogP contribution in [0.15, 0.2) is 78.5 Å². The van der Waals surface area contributed by atoms with Gasteiger partial charge in [-0.15, -0.1) is 0 Å². The van der Waals surface area contributed by atoms with Crippen LogP contribution in [-0.4, -0.2) is 16.1 Å². The van der Waals surface area contributed by atoms with Gasteiger partial charge >= 0.3 is 0 Å². The van der Waals surface area contributed by atoms with E-state index in [9.17, 15) is 9.59 Å². The summed E-state index contributed by atoms with van der Waals surface area (Å²) in [6.45, 7) is 2.81. The van der Waals surface area contributed by atoms with Gasteiger partial charge in [0, 0.05) is 39.8 Å². The monoisotopic (exact) mass is 425 g/mol. The maximum Gasteiger partial charge on any atom is 0.197 e. The zero-order valence-electron chi connectivity index (χ0n) is 17.1. The Morgan fingerprint density at radius 2 is 1.55 bits per heavy atom. The lowest BCUT2D eigenvalue weighted by Crippen LogP contribution is -2.00. The minimum atomic E-state index is -0.203. The Bertz CT molecular complexity index is 1340. The molecule has 0 saturated heterocycles. The molecule has 31 heavy (non-hydrogen) atoms. The molecule has 0 radical (unpaired) electrons. The molecule has 0 unspecified atom stereocenters. The summed E-state index contributed by atoms with van der Waals surface area (Å²) < 4.78 is 2.20. The fourth-order valence-corrected chi connectivity index (χ4v) is 4.46. The normalized spacial score (nSPS) is 13.2. The number of rotatable bonds is 4. The molecule has 1 heterocycles. The van der Waals surface area contributed by atoms with E-state index >= 15 is 0 Å². The van der Waals surface area contributed by atoms with Gasteiger partial charge in [0.25, 0.3) is 0 Å². The van der Waals surface area contributed by atoms with E-state index in [1.165, 1.54) is 5.56 Å². The van der Waals surface area contributed by atoms with E-state index in [1.54, 1.807) is 30.3 Å². The largest absolute Gasteiger partial charge is 0.342 e. The molecule has 3 aromatic carbocycles. The first-order valence-electron chi connectivity index (χ1n) is 10.3. The minimum absolute atomic E-state index is 0.203. The molecule has 0 fully saturated rings. The van der Waals surface area contributed by atoms with Gasteiger partial charge in [-0.25, -0.2) is 0 Å². The number of fused-ring (bicyclic) bond motifs is 2. The third-order valence-corrected chi connectivity index (χ3v) is 6.12. The summed E-state index contributed by atoms with van der Waals surface area (Å²) in [5.74, 6) is -0.406. The molecule has 0 amide bonds. The highest BCUT2D eigenvalue weighted by molar-refractivity contribution is 6.41. The zero-order chi connectivity index (χ0) is 21.5. The third kappa shape index (κ3) is 3.31. The number of halogens is 1. The van der Waals surface area contributed by atoms with Crippen LogP contribution in [0.2, 0.25) is 5.02 Å². The second-order valence-electron chi connectivity index (χ2n) is 7.77. The number of allylic oxidation sites excluding steroid dienone is 1. The number of hydrogen-bond donors (Lipinski definition) is 0. The first kappa shape index (κ1) is 19.5. The van der Waals surface area contributed by atoms with Crippen molar-refractivity contribution in [1.29, 1.82) is 0 Å². The Balaban J connectivity index is 1.65. The van der Waals surface area contributed by atoms with Crippen molar-refractivity contribution < 1.29 is 9.59 Å². The average Bonchev–Trinajstić information content (AvgIpc) is 3.26. The first-order chi connectivity index (χ1) is 15.1. The Labute approximate surface area is 185 Å². The van der Waals surface area contributed by atoms with Crippen molar-refractivity contribution in [2.75, 3.05) is 0 Å². The molecule has 4 aromatic rings. The lowest BCUT2D eigenvalue weighted by atomic mass is 10.0. The van der Waals surface area contributed by atoms with Crippen molar-refractivity contribution in [1.82, 2.24) is 4.57 Å². The van der Waals surface area contributed by atoms with Crippen LogP contribution in [0.5, 0.6) is 0 Å². The van der Waals surface area contributed by atoms with E-state index in [0.29, 0.717) is 22.7 Å². The van der Waals surface area contributed by atoms with Crippen molar-refractivity contribution in [3.8, 4) is 0 Å². The van der Waals surface area contributed by atoms with Crippen molar-refractivity contribution in [2.24, 2.45) is 0 Å². The number of aromatic nitrogens is 1. The second-order valence-corrected chi connectivity index (χ2v) is 8.20. The highest BCUT2D eigenvalue weighted by Gasteiger charge is 2.32. The van der Waals surface area contributed by atoms with Crippen LogP contribution < -0.4 is 0 Å². The molecule has 0 bridgehead atoms. The van der Waals surface area contributed by atoms with Gasteiger partial charge in [0.05, 0.1) is 11.1 Å². The summed E-state index contributed by atoms with van der Waals surface area (Å²) in [4.78, 5) is 25.8. The molecule has 0 atom stereocenters. The summed E-state index contributed by atoms with van der Waals surface area (Å²) >= 11 is 6.04. The first-order valence-corrected chi connectivity index (χ1v) is 10.7. The van der Waals surface area contributed by atoms with E-state index in [4.69, 9.17) is 11.6 Å². The van der Waals surface area contributed by atoms with Gasteiger partial charge in [-0.05, 0) is 35.8 Å². The number of hydrogen-bond acceptors (Lipinski definition) is 2. The number of para-hydroxylation sites is 1. The second kappa shape index (κ2) is 7.68. The molecule has 0 spiro atoms. The number of benzene rings is 3. The van der Waals surface area contributed by atoms with Gasteiger partial charge in [-0.3, -0.25) is 9.59 Å². The predicted molar refractivity (Wildman–Crippen MR) is 125 cm³/mol. The zero-order valence-corrected chi connectivity index (χ0v) is 17.8. The van der Waals surface area contributed by atoms with Gasteiger partial charge in [-0.2, -0.15) is 0 Å². The van der Waals surface area contributed by atoms with Gasteiger partial charge in [0.1, 0.15) is 0 Å². The molecule has 1 aromatic heterocycles. The molecule has 0 saturated carbocycles. The summed E-state index contributed by atoms with van der Waals surface area (Å²) in [6.07, 6.45) is 4.68. The van der Waals surface area contributed by atoms with Crippen molar-refractivity contribution >= 4 is 40.1 Å². The van der Waals surface area contributed by atoms with Crippen LogP contribution in [0.1, 0.15) is 44.3 Å². The molecule has 1 aliphatic carbocycles. The summed E-state index contributed by atoms with van der Waals surface area (Å²) in [7, 11) is 0. The summed E-state index contributed by atoms with van der Waals surface area (Å²) in [5, 5.41) is 1.75. The molecule has 0 N–H and O–H groups in total. The fourth-order valence-electron chi connectivity index (χ4n) is 4.34. The topological polar surface area (TPSA) is 39.1 Å². The Hall–Kier alpha value is -3.43. The molecular formula is C27H20ClNO2. The van der Waals surface area contributed by atoms with E-state index in [-0.39, 0.29) is 17.1 Å². The lowest BCUT2D eigenvalue weighted by Gasteiger charge is -2.09. The third-order valence-electron chi connectivity index (χ3n) is 5.87. The number of carbonyl (C=O) groups is 2. The van der Waals surface area contributed by atoms with Crippen LogP contribution in [-0.2, 0) is 13.0 Å². The van der Waals surface area contributed by atoms with E-state index in [0.717, 1.165) is 28.5 Å². The quantitative estimate of drug-likeness (QED) is 0.281. The lowest BCUT2D eigenvalue weighted by molar-refractivity contribution is 0.0990. The van der Waals surface area contributed by atoms with Crippen LogP contribution in [0, 0.1) is 0 Å². The van der Waals surface area contributed by atoms with Crippen LogP contribution in [0.4, 0.5) is 0 Å². The average molecular weight is 426 g/mol. The predicted octanol–water partition coefficient (Wildman–Crippen LogP) is 6.37. The van der Waals surface area contributed by atoms with E-state index in [1.807, 2.05) is 36.5 Å². The Morgan fingerprint density at radius 3 is 2.19 bits per heavy atom. The summed E-state index contributed by atoms with van der Waals surface area (Å²) in [5.41, 5.74) is 5.56. The van der Waals surface area contributed by atoms with Crippen LogP contribution in [0.25, 0.3) is 17.0 Å². The Kier molecular flexibility index (Phi) is 4.84. The molecule has 152 valence electrons. The fraction of sp³-hybridized carbons (Fsp3) is 0.111. The van der Waals surface area contributed by atoms with Crippen LogP contribution >= 0.6 is 11.6 Å². The number of Topliss-reactive ketones (excluding diaryl/α,β-unsaturated/α-hetero) is 2. The molecule has 1 aliphatic rings. The number of nitrogens with zero attached hydrogens (tertiary/aromatic N) is 1. The SMILES string of the molecule is CCc1cccc2c(C=C3C(=O)c4ccccc4C3=O)cn(Cc3ccc(Cl)cc3)c12. The van der Waals surface area contributed by atoms with E-state index < -0.39 is 0 Å². The molecule has 5 rings (SSSR count). The van der Waals surface area contributed by atoms with Crippen molar-refractivity contribution in [2.45, 2.75) is 19.9 Å².